The van der Waals surface area contributed by atoms with Gasteiger partial charge in [0.2, 0.25) is 17.7 Å². The van der Waals surface area contributed by atoms with Crippen molar-refractivity contribution in [3.63, 3.8) is 0 Å². The van der Waals surface area contributed by atoms with Crippen molar-refractivity contribution in [2.24, 2.45) is 0 Å². The fourth-order valence-corrected chi connectivity index (χ4v) is 4.66. The summed E-state index contributed by atoms with van der Waals surface area (Å²) in [6, 6.07) is 7.16. The summed E-state index contributed by atoms with van der Waals surface area (Å²) in [6.45, 7) is 5.57. The molecule has 2 aliphatic rings. The van der Waals surface area contributed by atoms with Gasteiger partial charge in [-0.15, -0.1) is 0 Å². The number of nitrogens with one attached hydrogen (secondary N) is 1. The van der Waals surface area contributed by atoms with Crippen LogP contribution in [-0.4, -0.2) is 50.3 Å². The van der Waals surface area contributed by atoms with Crippen molar-refractivity contribution in [3.05, 3.63) is 64.6 Å². The molecular formula is C26H26N6O4S. The van der Waals surface area contributed by atoms with E-state index < -0.39 is 0 Å². The zero-order chi connectivity index (χ0) is 25.8. The summed E-state index contributed by atoms with van der Waals surface area (Å²) < 4.78 is 12.2. The molecule has 2 aromatic heterocycles. The highest BCUT2D eigenvalue weighted by atomic mass is 32.2. The molecule has 37 heavy (non-hydrogen) atoms. The maximum atomic E-state index is 11.7. The van der Waals surface area contributed by atoms with Gasteiger partial charge < -0.3 is 14.4 Å². The number of carbonyl (C=O) groups is 2. The molecule has 0 radical (unpaired) electrons. The van der Waals surface area contributed by atoms with Gasteiger partial charge in [-0.25, -0.2) is 19.9 Å². The minimum Gasteiger partial charge on any atom is -0.474 e. The van der Waals surface area contributed by atoms with E-state index in [1.807, 2.05) is 19.3 Å². The van der Waals surface area contributed by atoms with Crippen LogP contribution in [0.3, 0.4) is 0 Å². The Kier molecular flexibility index (Phi) is 7.31. The standard InChI is InChI=1S/C26H26N6O4S/c1-3-17-13-27-25(28-14-17)32-10-8-20(9-11-32)36-24-16(2)23(29-15-30-24)35-19-6-4-18(5-7-19)12-21-22(33)31-26(34)37-21/h4-7,12-15,20H,3,8-11H2,1-2H3,(H,31,33,34). The van der Waals surface area contributed by atoms with Gasteiger partial charge in [-0.05, 0) is 54.4 Å². The van der Waals surface area contributed by atoms with Crippen molar-refractivity contribution in [1.82, 2.24) is 25.3 Å². The Labute approximate surface area is 218 Å². The lowest BCUT2D eigenvalue weighted by Gasteiger charge is -2.32. The van der Waals surface area contributed by atoms with Gasteiger partial charge in [0, 0.05) is 38.3 Å². The molecular weight excluding hydrogens is 492 g/mol. The summed E-state index contributed by atoms with van der Waals surface area (Å²) in [5.41, 5.74) is 2.62. The normalized spacial score (nSPS) is 17.2. The smallest absolute Gasteiger partial charge is 0.290 e. The molecule has 11 heteroatoms. The Morgan fingerprint density at radius 2 is 1.76 bits per heavy atom. The van der Waals surface area contributed by atoms with E-state index >= 15 is 0 Å². The lowest BCUT2D eigenvalue weighted by molar-refractivity contribution is -0.115. The maximum absolute atomic E-state index is 11.7. The Hall–Kier alpha value is -3.99. The molecule has 0 spiro atoms. The average molecular weight is 519 g/mol. The zero-order valence-corrected chi connectivity index (χ0v) is 21.3. The van der Waals surface area contributed by atoms with Gasteiger partial charge in [0.05, 0.1) is 10.5 Å². The summed E-state index contributed by atoms with van der Waals surface area (Å²) in [5, 5.41) is 1.88. The topological polar surface area (TPSA) is 119 Å². The molecule has 0 saturated carbocycles. The monoisotopic (exact) mass is 518 g/mol. The number of aromatic nitrogens is 4. The van der Waals surface area contributed by atoms with E-state index in [9.17, 15) is 9.59 Å². The highest BCUT2D eigenvalue weighted by Crippen LogP contribution is 2.30. The zero-order valence-electron chi connectivity index (χ0n) is 20.5. The van der Waals surface area contributed by atoms with Crippen molar-refractivity contribution < 1.29 is 19.1 Å². The highest BCUT2D eigenvalue weighted by molar-refractivity contribution is 8.18. The molecule has 190 valence electrons. The van der Waals surface area contributed by atoms with Gasteiger partial charge >= 0.3 is 0 Å². The maximum Gasteiger partial charge on any atom is 0.290 e. The van der Waals surface area contributed by atoms with Crippen molar-refractivity contribution >= 4 is 34.9 Å². The van der Waals surface area contributed by atoms with E-state index in [1.54, 1.807) is 30.3 Å². The molecule has 2 amide bonds. The first kappa shape index (κ1) is 24.7. The molecule has 1 aromatic carbocycles. The number of hydrogen-bond acceptors (Lipinski definition) is 10. The molecule has 0 aliphatic carbocycles. The number of benzene rings is 1. The third-order valence-corrected chi connectivity index (χ3v) is 6.94. The van der Waals surface area contributed by atoms with Crippen LogP contribution in [0.25, 0.3) is 6.08 Å². The summed E-state index contributed by atoms with van der Waals surface area (Å²) >= 11 is 0.884. The first-order valence-corrected chi connectivity index (χ1v) is 12.9. The molecule has 1 N–H and O–H groups in total. The van der Waals surface area contributed by atoms with Crippen LogP contribution in [0.2, 0.25) is 0 Å². The lowest BCUT2D eigenvalue weighted by atomic mass is 10.1. The number of nitrogens with zero attached hydrogens (tertiary/aromatic N) is 5. The Morgan fingerprint density at radius 1 is 1.05 bits per heavy atom. The number of amides is 2. The van der Waals surface area contributed by atoms with Crippen LogP contribution in [0.4, 0.5) is 10.7 Å². The van der Waals surface area contributed by atoms with Crippen LogP contribution >= 0.6 is 11.8 Å². The van der Waals surface area contributed by atoms with Crippen molar-refractivity contribution in [3.8, 4) is 17.5 Å². The van der Waals surface area contributed by atoms with E-state index in [0.29, 0.717) is 28.0 Å². The SMILES string of the molecule is CCc1cnc(N2CCC(Oc3ncnc(Oc4ccc(C=C5SC(=O)NC5=O)cc4)c3C)CC2)nc1. The molecule has 0 bridgehead atoms. The molecule has 0 unspecified atom stereocenters. The van der Waals surface area contributed by atoms with Crippen LogP contribution in [0.1, 0.15) is 36.5 Å². The number of ether oxygens (including phenoxy) is 2. The first-order valence-electron chi connectivity index (χ1n) is 12.1. The number of thioether (sulfide) groups is 1. The first-order chi connectivity index (χ1) is 18.0. The van der Waals surface area contributed by atoms with Crippen molar-refractivity contribution in [2.45, 2.75) is 39.2 Å². The van der Waals surface area contributed by atoms with Crippen LogP contribution in [0, 0.1) is 6.92 Å². The Morgan fingerprint density at radius 3 is 2.41 bits per heavy atom. The van der Waals surface area contributed by atoms with E-state index in [0.717, 1.165) is 61.2 Å². The Balaban J connectivity index is 1.19. The van der Waals surface area contributed by atoms with Gasteiger partial charge in [-0.2, -0.15) is 0 Å². The number of piperidine rings is 1. The number of anilines is 1. The Bertz CT molecular complexity index is 1320. The molecule has 0 atom stereocenters. The van der Waals surface area contributed by atoms with Crippen molar-refractivity contribution in [2.75, 3.05) is 18.0 Å². The average Bonchev–Trinajstić information content (AvgIpc) is 3.24. The third-order valence-electron chi connectivity index (χ3n) is 6.13. The molecule has 10 nitrogen and oxygen atoms in total. The molecule has 3 aromatic rings. The fourth-order valence-electron chi connectivity index (χ4n) is 3.98. The van der Waals surface area contributed by atoms with E-state index in [1.165, 1.54) is 6.33 Å². The second-order valence-electron chi connectivity index (χ2n) is 8.68. The summed E-state index contributed by atoms with van der Waals surface area (Å²) in [4.78, 5) is 43.2. The van der Waals surface area contributed by atoms with Gasteiger partial charge in [-0.1, -0.05) is 19.1 Å². The lowest BCUT2D eigenvalue weighted by Crippen LogP contribution is -2.39. The minimum absolute atomic E-state index is 0.0254. The molecule has 5 rings (SSSR count). The van der Waals surface area contributed by atoms with Crippen LogP contribution in [0.15, 0.2) is 47.9 Å². The van der Waals surface area contributed by atoms with Crippen LogP contribution < -0.4 is 19.7 Å². The molecule has 2 fully saturated rings. The van der Waals surface area contributed by atoms with E-state index in [-0.39, 0.29) is 17.3 Å². The predicted molar refractivity (Wildman–Crippen MR) is 140 cm³/mol. The predicted octanol–water partition coefficient (Wildman–Crippen LogP) is 4.30. The number of imide groups is 1. The van der Waals surface area contributed by atoms with Crippen LogP contribution in [0.5, 0.6) is 17.5 Å². The molecule has 2 saturated heterocycles. The second kappa shape index (κ2) is 11.0. The van der Waals surface area contributed by atoms with Crippen molar-refractivity contribution in [1.29, 1.82) is 0 Å². The van der Waals surface area contributed by atoms with Gasteiger partial charge in [0.1, 0.15) is 18.2 Å². The number of aryl methyl sites for hydroxylation is 1. The molecule has 4 heterocycles. The summed E-state index contributed by atoms with van der Waals surface area (Å²) in [7, 11) is 0. The second-order valence-corrected chi connectivity index (χ2v) is 9.70. The highest BCUT2D eigenvalue weighted by Gasteiger charge is 2.25. The largest absolute Gasteiger partial charge is 0.474 e. The number of rotatable bonds is 7. The summed E-state index contributed by atoms with van der Waals surface area (Å²) in [5.74, 6) is 1.86. The third kappa shape index (κ3) is 5.88. The number of hydrogen-bond donors (Lipinski definition) is 1. The fraction of sp³-hybridized carbons (Fsp3) is 0.308. The number of carbonyl (C=O) groups excluding carboxylic acids is 2. The van der Waals surface area contributed by atoms with E-state index in [2.05, 4.69) is 37.1 Å². The summed E-state index contributed by atoms with van der Waals surface area (Å²) in [6.07, 6.45) is 9.47. The quantitative estimate of drug-likeness (QED) is 0.453. The van der Waals surface area contributed by atoms with Gasteiger partial charge in [0.25, 0.3) is 11.1 Å². The van der Waals surface area contributed by atoms with Gasteiger partial charge in [0.15, 0.2) is 0 Å². The van der Waals surface area contributed by atoms with Crippen LogP contribution in [-0.2, 0) is 11.2 Å². The minimum atomic E-state index is -0.385. The van der Waals surface area contributed by atoms with E-state index in [4.69, 9.17) is 9.47 Å². The van der Waals surface area contributed by atoms with Gasteiger partial charge in [-0.3, -0.25) is 14.9 Å². The molecule has 2 aliphatic heterocycles.